The number of anilines is 1. The van der Waals surface area contributed by atoms with Crippen LogP contribution in [0.25, 0.3) is 0 Å². The van der Waals surface area contributed by atoms with E-state index in [4.69, 9.17) is 4.74 Å². The number of hydrogen-bond donors (Lipinski definition) is 2. The molecule has 0 saturated carbocycles. The number of nitrogens with one attached hydrogen (secondary N) is 1. The number of aliphatic hydroxyl groups is 1. The SMILES string of the molecule is O=S(=O)(c1ccccc1NCC1(O)CCOCC1)C(F)(F)F. The summed E-state index contributed by atoms with van der Waals surface area (Å²) in [6.45, 7) is 0.641. The molecule has 22 heavy (non-hydrogen) atoms. The molecule has 0 amide bonds. The lowest BCUT2D eigenvalue weighted by atomic mass is 9.94. The van der Waals surface area contributed by atoms with E-state index in [0.29, 0.717) is 26.1 Å². The minimum atomic E-state index is -5.45. The number of rotatable bonds is 4. The van der Waals surface area contributed by atoms with Crippen LogP contribution in [0.3, 0.4) is 0 Å². The van der Waals surface area contributed by atoms with E-state index in [1.807, 2.05) is 0 Å². The molecule has 1 saturated heterocycles. The Morgan fingerprint density at radius 1 is 1.23 bits per heavy atom. The van der Waals surface area contributed by atoms with Gasteiger partial charge in [-0.3, -0.25) is 0 Å². The lowest BCUT2D eigenvalue weighted by Crippen LogP contribution is -2.42. The molecule has 2 N–H and O–H groups in total. The normalized spacial score (nSPS) is 18.9. The van der Waals surface area contributed by atoms with Crippen molar-refractivity contribution >= 4 is 15.5 Å². The summed E-state index contributed by atoms with van der Waals surface area (Å²) in [5.74, 6) is 0. The van der Waals surface area contributed by atoms with Crippen molar-refractivity contribution in [1.82, 2.24) is 0 Å². The van der Waals surface area contributed by atoms with Gasteiger partial charge in [0.25, 0.3) is 9.84 Å². The van der Waals surface area contributed by atoms with Crippen LogP contribution in [0.1, 0.15) is 12.8 Å². The standard InChI is InChI=1S/C13H16F3NO4S/c14-13(15,16)22(19,20)11-4-2-1-3-10(11)17-9-12(18)5-7-21-8-6-12/h1-4,17-18H,5-9H2. The second kappa shape index (κ2) is 6.05. The third-order valence-electron chi connectivity index (χ3n) is 3.51. The summed E-state index contributed by atoms with van der Waals surface area (Å²) in [4.78, 5) is -0.849. The molecule has 0 aliphatic carbocycles. The average molecular weight is 339 g/mol. The van der Waals surface area contributed by atoms with Gasteiger partial charge in [-0.25, -0.2) is 8.42 Å². The van der Waals surface area contributed by atoms with Crippen molar-refractivity contribution in [2.24, 2.45) is 0 Å². The van der Waals surface area contributed by atoms with E-state index in [-0.39, 0.29) is 12.2 Å². The third-order valence-corrected chi connectivity index (χ3v) is 5.06. The Hall–Kier alpha value is -1.32. The predicted octanol–water partition coefficient (Wildman–Crippen LogP) is 1.93. The van der Waals surface area contributed by atoms with Crippen LogP contribution in [-0.2, 0) is 14.6 Å². The zero-order valence-electron chi connectivity index (χ0n) is 11.6. The number of benzene rings is 1. The number of halogens is 3. The molecule has 2 rings (SSSR count). The van der Waals surface area contributed by atoms with Gasteiger partial charge >= 0.3 is 5.51 Å². The molecule has 1 aliphatic rings. The Bertz CT molecular complexity index is 624. The van der Waals surface area contributed by atoms with Crippen LogP contribution >= 0.6 is 0 Å². The Balaban J connectivity index is 2.23. The molecule has 1 fully saturated rings. The van der Waals surface area contributed by atoms with Gasteiger partial charge in [0.05, 0.1) is 16.2 Å². The minimum absolute atomic E-state index is 0.0548. The number of para-hydroxylation sites is 1. The van der Waals surface area contributed by atoms with Crippen molar-refractivity contribution in [2.45, 2.75) is 28.8 Å². The Kier molecular flexibility index (Phi) is 4.69. The van der Waals surface area contributed by atoms with Crippen LogP contribution in [0.5, 0.6) is 0 Å². The van der Waals surface area contributed by atoms with E-state index >= 15 is 0 Å². The smallest absolute Gasteiger partial charge is 0.388 e. The molecule has 0 unspecified atom stereocenters. The molecule has 0 spiro atoms. The number of sulfone groups is 1. The first-order valence-electron chi connectivity index (χ1n) is 6.60. The maximum absolute atomic E-state index is 12.7. The van der Waals surface area contributed by atoms with Gasteiger partial charge in [0.1, 0.15) is 0 Å². The van der Waals surface area contributed by atoms with E-state index < -0.39 is 25.8 Å². The molecule has 9 heteroatoms. The van der Waals surface area contributed by atoms with Gasteiger partial charge in [-0.1, -0.05) is 12.1 Å². The number of alkyl halides is 3. The molecule has 1 aromatic rings. The fourth-order valence-electron chi connectivity index (χ4n) is 2.16. The molecular weight excluding hydrogens is 323 g/mol. The first-order valence-corrected chi connectivity index (χ1v) is 8.08. The first kappa shape index (κ1) is 17.0. The van der Waals surface area contributed by atoms with E-state index in [9.17, 15) is 26.7 Å². The van der Waals surface area contributed by atoms with Gasteiger partial charge in [0.2, 0.25) is 0 Å². The van der Waals surface area contributed by atoms with Gasteiger partial charge in [0.15, 0.2) is 0 Å². The quantitative estimate of drug-likeness (QED) is 0.877. The van der Waals surface area contributed by atoms with Crippen molar-refractivity contribution in [1.29, 1.82) is 0 Å². The van der Waals surface area contributed by atoms with Crippen LogP contribution in [0.15, 0.2) is 29.2 Å². The van der Waals surface area contributed by atoms with E-state index in [0.717, 1.165) is 6.07 Å². The van der Waals surface area contributed by atoms with Crippen molar-refractivity contribution in [2.75, 3.05) is 25.1 Å². The molecule has 5 nitrogen and oxygen atoms in total. The van der Waals surface area contributed by atoms with Gasteiger partial charge < -0.3 is 15.2 Å². The summed E-state index contributed by atoms with van der Waals surface area (Å²) in [6, 6.07) is 4.76. The summed E-state index contributed by atoms with van der Waals surface area (Å²) >= 11 is 0. The zero-order chi connectivity index (χ0) is 16.4. The summed E-state index contributed by atoms with van der Waals surface area (Å²) in [6.07, 6.45) is 0.655. The Morgan fingerprint density at radius 2 is 1.82 bits per heavy atom. The fourth-order valence-corrected chi connectivity index (χ4v) is 3.10. The first-order chi connectivity index (χ1) is 10.2. The molecule has 0 aromatic heterocycles. The number of ether oxygens (including phenoxy) is 1. The monoisotopic (exact) mass is 339 g/mol. The van der Waals surface area contributed by atoms with Crippen molar-refractivity contribution in [3.05, 3.63) is 24.3 Å². The summed E-state index contributed by atoms with van der Waals surface area (Å²) in [5.41, 5.74) is -6.69. The molecule has 124 valence electrons. The fraction of sp³-hybridized carbons (Fsp3) is 0.538. The summed E-state index contributed by atoms with van der Waals surface area (Å²) in [7, 11) is -5.45. The lowest BCUT2D eigenvalue weighted by molar-refractivity contribution is -0.0543. The van der Waals surface area contributed by atoms with Crippen LogP contribution in [0.4, 0.5) is 18.9 Å². The molecular formula is C13H16F3NO4S. The number of hydrogen-bond acceptors (Lipinski definition) is 5. The lowest BCUT2D eigenvalue weighted by Gasteiger charge is -2.32. The van der Waals surface area contributed by atoms with Gasteiger partial charge in [-0.15, -0.1) is 0 Å². The maximum atomic E-state index is 12.7. The largest absolute Gasteiger partial charge is 0.501 e. The summed E-state index contributed by atoms with van der Waals surface area (Å²) in [5, 5.41) is 12.9. The van der Waals surface area contributed by atoms with Crippen LogP contribution in [0, 0.1) is 0 Å². The van der Waals surface area contributed by atoms with E-state index in [2.05, 4.69) is 5.32 Å². The minimum Gasteiger partial charge on any atom is -0.388 e. The van der Waals surface area contributed by atoms with E-state index in [1.165, 1.54) is 18.2 Å². The van der Waals surface area contributed by atoms with Gasteiger partial charge in [0, 0.05) is 32.6 Å². The highest BCUT2D eigenvalue weighted by molar-refractivity contribution is 7.92. The predicted molar refractivity (Wildman–Crippen MR) is 73.2 cm³/mol. The Labute approximate surface area is 126 Å². The average Bonchev–Trinajstić information content (AvgIpc) is 2.45. The highest BCUT2D eigenvalue weighted by atomic mass is 32.2. The van der Waals surface area contributed by atoms with Gasteiger partial charge in [-0.05, 0) is 12.1 Å². The summed E-state index contributed by atoms with van der Waals surface area (Å²) < 4.78 is 66.3. The van der Waals surface area contributed by atoms with Gasteiger partial charge in [-0.2, -0.15) is 13.2 Å². The van der Waals surface area contributed by atoms with Crippen molar-refractivity contribution in [3.63, 3.8) is 0 Å². The zero-order valence-corrected chi connectivity index (χ0v) is 12.4. The molecule has 0 atom stereocenters. The molecule has 1 aliphatic heterocycles. The molecule has 1 heterocycles. The maximum Gasteiger partial charge on any atom is 0.501 e. The molecule has 0 bridgehead atoms. The van der Waals surface area contributed by atoms with Crippen LogP contribution in [-0.4, -0.2) is 44.4 Å². The van der Waals surface area contributed by atoms with Crippen LogP contribution in [0.2, 0.25) is 0 Å². The third kappa shape index (κ3) is 3.53. The van der Waals surface area contributed by atoms with Crippen LogP contribution < -0.4 is 5.32 Å². The molecule has 0 radical (unpaired) electrons. The van der Waals surface area contributed by atoms with Crippen molar-refractivity contribution < 1.29 is 31.4 Å². The molecule has 1 aromatic carbocycles. The topological polar surface area (TPSA) is 75.6 Å². The second-order valence-corrected chi connectivity index (χ2v) is 7.05. The second-order valence-electron chi connectivity index (χ2n) is 5.14. The van der Waals surface area contributed by atoms with Crippen molar-refractivity contribution in [3.8, 4) is 0 Å². The highest BCUT2D eigenvalue weighted by Gasteiger charge is 2.48. The van der Waals surface area contributed by atoms with E-state index in [1.54, 1.807) is 0 Å². The Morgan fingerprint density at radius 3 is 2.41 bits per heavy atom. The highest BCUT2D eigenvalue weighted by Crippen LogP contribution is 2.34.